The molecule has 0 amide bonds. The van der Waals surface area contributed by atoms with E-state index in [0.717, 1.165) is 6.54 Å². The van der Waals surface area contributed by atoms with Crippen molar-refractivity contribution in [2.24, 2.45) is 0 Å². The number of halogens is 3. The molecule has 21 heavy (non-hydrogen) atoms. The highest BCUT2D eigenvalue weighted by atomic mass is 32.2. The molecule has 0 fully saturated rings. The van der Waals surface area contributed by atoms with Gasteiger partial charge in [0.15, 0.2) is 0 Å². The fraction of sp³-hybridized carbons (Fsp3) is 0.636. The van der Waals surface area contributed by atoms with Crippen molar-refractivity contribution in [3.63, 3.8) is 0 Å². The molecule has 0 bridgehead atoms. The van der Waals surface area contributed by atoms with Gasteiger partial charge in [-0.1, -0.05) is 6.92 Å². The molecule has 0 aromatic carbocycles. The standard InChI is InChI=1S/C11H18F3N3O3S/c1-2-15-6-9-5-10(7-16-9)21(18,19)17-3-4-20-8-11(12,13)14/h5,7,15-17H,2-4,6,8H2,1H3. The molecule has 6 nitrogen and oxygen atoms in total. The van der Waals surface area contributed by atoms with E-state index in [0.29, 0.717) is 12.2 Å². The third-order valence-electron chi connectivity index (χ3n) is 2.40. The Balaban J connectivity index is 2.41. The van der Waals surface area contributed by atoms with Gasteiger partial charge in [0.25, 0.3) is 0 Å². The first-order valence-electron chi connectivity index (χ1n) is 6.27. The largest absolute Gasteiger partial charge is 0.411 e. The number of aromatic amines is 1. The maximum atomic E-state index is 11.9. The van der Waals surface area contributed by atoms with Gasteiger partial charge in [0, 0.05) is 25.0 Å². The fourth-order valence-corrected chi connectivity index (χ4v) is 2.49. The average Bonchev–Trinajstić information content (AvgIpc) is 2.84. The average molecular weight is 329 g/mol. The number of nitrogens with one attached hydrogen (secondary N) is 3. The molecular weight excluding hydrogens is 311 g/mol. The molecule has 0 atom stereocenters. The molecule has 0 saturated heterocycles. The Labute approximate surface area is 121 Å². The molecule has 1 aromatic rings. The summed E-state index contributed by atoms with van der Waals surface area (Å²) in [5, 5.41) is 3.03. The van der Waals surface area contributed by atoms with E-state index in [1.807, 2.05) is 6.92 Å². The van der Waals surface area contributed by atoms with Gasteiger partial charge in [0.05, 0.1) is 11.5 Å². The van der Waals surface area contributed by atoms with Gasteiger partial charge in [-0.2, -0.15) is 13.2 Å². The lowest BCUT2D eigenvalue weighted by Crippen LogP contribution is -2.28. The molecule has 0 aliphatic heterocycles. The Kier molecular flexibility index (Phi) is 6.65. The molecule has 0 unspecified atom stereocenters. The van der Waals surface area contributed by atoms with Crippen molar-refractivity contribution in [2.75, 3.05) is 26.3 Å². The Hall–Kier alpha value is -1.10. The smallest absolute Gasteiger partial charge is 0.371 e. The number of aromatic nitrogens is 1. The minimum absolute atomic E-state index is 0.0335. The monoisotopic (exact) mass is 329 g/mol. The second-order valence-corrected chi connectivity index (χ2v) is 5.97. The van der Waals surface area contributed by atoms with Crippen molar-refractivity contribution < 1.29 is 26.3 Å². The summed E-state index contributed by atoms with van der Waals surface area (Å²) in [5.74, 6) is 0. The van der Waals surface area contributed by atoms with Crippen LogP contribution in [0.25, 0.3) is 0 Å². The molecule has 122 valence electrons. The topological polar surface area (TPSA) is 83.2 Å². The normalized spacial score (nSPS) is 12.8. The van der Waals surface area contributed by atoms with Crippen molar-refractivity contribution in [1.29, 1.82) is 0 Å². The number of hydrogen-bond donors (Lipinski definition) is 3. The molecule has 1 aromatic heterocycles. The van der Waals surface area contributed by atoms with E-state index in [1.54, 1.807) is 0 Å². The zero-order valence-corrected chi connectivity index (χ0v) is 12.3. The first-order valence-corrected chi connectivity index (χ1v) is 7.75. The summed E-state index contributed by atoms with van der Waals surface area (Å²) in [6.07, 6.45) is -3.09. The van der Waals surface area contributed by atoms with Gasteiger partial charge in [-0.05, 0) is 12.6 Å². The van der Waals surface area contributed by atoms with Crippen LogP contribution in [-0.2, 0) is 21.3 Å². The van der Waals surface area contributed by atoms with Crippen molar-refractivity contribution >= 4 is 10.0 Å². The summed E-state index contributed by atoms with van der Waals surface area (Å²) >= 11 is 0. The van der Waals surface area contributed by atoms with Gasteiger partial charge in [0.2, 0.25) is 10.0 Å². The summed E-state index contributed by atoms with van der Waals surface area (Å²) in [7, 11) is -3.75. The number of sulfonamides is 1. The zero-order valence-electron chi connectivity index (χ0n) is 11.5. The Morgan fingerprint density at radius 2 is 2.10 bits per heavy atom. The summed E-state index contributed by atoms with van der Waals surface area (Å²) in [6, 6.07) is 1.46. The predicted molar refractivity (Wildman–Crippen MR) is 70.2 cm³/mol. The van der Waals surface area contributed by atoms with Crippen LogP contribution in [0.3, 0.4) is 0 Å². The van der Waals surface area contributed by atoms with E-state index in [9.17, 15) is 21.6 Å². The van der Waals surface area contributed by atoms with E-state index >= 15 is 0 Å². The third kappa shape index (κ3) is 6.93. The van der Waals surface area contributed by atoms with Gasteiger partial charge in [0.1, 0.15) is 6.61 Å². The second kappa shape index (κ2) is 7.78. The molecular formula is C11H18F3N3O3S. The van der Waals surface area contributed by atoms with E-state index in [4.69, 9.17) is 0 Å². The van der Waals surface area contributed by atoms with Gasteiger partial charge in [-0.3, -0.25) is 0 Å². The van der Waals surface area contributed by atoms with E-state index in [-0.39, 0.29) is 18.0 Å². The highest BCUT2D eigenvalue weighted by Gasteiger charge is 2.27. The predicted octanol–water partition coefficient (Wildman–Crippen LogP) is 0.981. The lowest BCUT2D eigenvalue weighted by atomic mass is 10.4. The minimum atomic E-state index is -4.42. The molecule has 0 saturated carbocycles. The maximum absolute atomic E-state index is 11.9. The van der Waals surface area contributed by atoms with Gasteiger partial charge in [-0.25, -0.2) is 13.1 Å². The number of hydrogen-bond acceptors (Lipinski definition) is 4. The van der Waals surface area contributed by atoms with Crippen molar-refractivity contribution in [1.82, 2.24) is 15.0 Å². The number of H-pyrrole nitrogens is 1. The summed E-state index contributed by atoms with van der Waals surface area (Å²) in [6.45, 7) is 1.19. The fourth-order valence-electron chi connectivity index (χ4n) is 1.46. The first kappa shape index (κ1) is 18.0. The van der Waals surface area contributed by atoms with E-state index < -0.39 is 22.8 Å². The van der Waals surface area contributed by atoms with Crippen LogP contribution in [-0.4, -0.2) is 45.9 Å². The number of alkyl halides is 3. The Morgan fingerprint density at radius 1 is 1.38 bits per heavy atom. The van der Waals surface area contributed by atoms with Crippen LogP contribution < -0.4 is 10.0 Å². The van der Waals surface area contributed by atoms with Crippen LogP contribution >= 0.6 is 0 Å². The summed E-state index contributed by atoms with van der Waals surface area (Å²) in [4.78, 5) is 2.84. The van der Waals surface area contributed by atoms with Crippen LogP contribution in [0.5, 0.6) is 0 Å². The van der Waals surface area contributed by atoms with Crippen LogP contribution in [0.2, 0.25) is 0 Å². The second-order valence-electron chi connectivity index (χ2n) is 4.21. The quantitative estimate of drug-likeness (QED) is 0.590. The Bertz CT molecular complexity index is 528. The zero-order chi connectivity index (χ0) is 15.9. The Morgan fingerprint density at radius 3 is 2.71 bits per heavy atom. The maximum Gasteiger partial charge on any atom is 0.411 e. The SMILES string of the molecule is CCNCc1cc(S(=O)(=O)NCCOCC(F)(F)F)c[nH]1. The van der Waals surface area contributed by atoms with E-state index in [2.05, 4.69) is 19.8 Å². The molecule has 10 heteroatoms. The molecule has 1 rings (SSSR count). The van der Waals surface area contributed by atoms with Crippen LogP contribution in [0, 0.1) is 0 Å². The number of rotatable bonds is 9. The summed E-state index contributed by atoms with van der Waals surface area (Å²) in [5.41, 5.74) is 0.700. The lowest BCUT2D eigenvalue weighted by Gasteiger charge is -2.08. The minimum Gasteiger partial charge on any atom is -0.371 e. The van der Waals surface area contributed by atoms with Gasteiger partial charge < -0.3 is 15.0 Å². The van der Waals surface area contributed by atoms with Gasteiger partial charge >= 0.3 is 6.18 Å². The molecule has 1 heterocycles. The number of ether oxygens (including phenoxy) is 1. The molecule has 0 aliphatic carbocycles. The third-order valence-corrected chi connectivity index (χ3v) is 3.84. The summed E-state index contributed by atoms with van der Waals surface area (Å²) < 4.78 is 65.6. The van der Waals surface area contributed by atoms with Gasteiger partial charge in [-0.15, -0.1) is 0 Å². The van der Waals surface area contributed by atoms with Crippen molar-refractivity contribution in [3.05, 3.63) is 18.0 Å². The van der Waals surface area contributed by atoms with E-state index in [1.165, 1.54) is 12.3 Å². The first-order chi connectivity index (χ1) is 9.74. The van der Waals surface area contributed by atoms with Crippen LogP contribution in [0.1, 0.15) is 12.6 Å². The lowest BCUT2D eigenvalue weighted by molar-refractivity contribution is -0.173. The highest BCUT2D eigenvalue weighted by molar-refractivity contribution is 7.89. The van der Waals surface area contributed by atoms with Crippen LogP contribution in [0.4, 0.5) is 13.2 Å². The molecule has 0 radical (unpaired) electrons. The van der Waals surface area contributed by atoms with Crippen LogP contribution in [0.15, 0.2) is 17.2 Å². The molecule has 3 N–H and O–H groups in total. The molecule has 0 spiro atoms. The molecule has 0 aliphatic rings. The van der Waals surface area contributed by atoms with Crippen molar-refractivity contribution in [3.8, 4) is 0 Å². The highest BCUT2D eigenvalue weighted by Crippen LogP contribution is 2.14. The van der Waals surface area contributed by atoms with Crippen molar-refractivity contribution in [2.45, 2.75) is 24.5 Å².